The highest BCUT2D eigenvalue weighted by Crippen LogP contribution is 2.33. The van der Waals surface area contributed by atoms with Gasteiger partial charge in [-0.05, 0) is 30.5 Å². The molecule has 0 radical (unpaired) electrons. The quantitative estimate of drug-likeness (QED) is 0.762. The summed E-state index contributed by atoms with van der Waals surface area (Å²) in [4.78, 5) is 11.5. The predicted molar refractivity (Wildman–Crippen MR) is 70.3 cm³/mol. The van der Waals surface area contributed by atoms with Crippen LogP contribution in [-0.4, -0.2) is 6.10 Å². The minimum absolute atomic E-state index is 0.207. The largest absolute Gasteiger partial charge is 0.490 e. The summed E-state index contributed by atoms with van der Waals surface area (Å²) in [5.41, 5.74) is 2.64. The molecule has 0 bridgehead atoms. The van der Waals surface area contributed by atoms with E-state index in [0.717, 1.165) is 36.0 Å². The molecular weight excluding hydrogens is 228 g/mol. The second-order valence-corrected chi connectivity index (χ2v) is 4.93. The Kier molecular flexibility index (Phi) is 2.62. The summed E-state index contributed by atoms with van der Waals surface area (Å²) in [5, 5.41) is 1.05. The van der Waals surface area contributed by atoms with Crippen LogP contribution in [0.1, 0.15) is 31.4 Å². The van der Waals surface area contributed by atoms with E-state index in [2.05, 4.69) is 13.0 Å². The summed E-state index contributed by atoms with van der Waals surface area (Å²) in [6.45, 7) is 4.16. The lowest BCUT2D eigenvalue weighted by molar-refractivity contribution is 0.254. The molecule has 3 rings (SSSR count). The first-order valence-corrected chi connectivity index (χ1v) is 6.43. The van der Waals surface area contributed by atoms with Crippen molar-refractivity contribution in [3.05, 3.63) is 39.7 Å². The number of hydrogen-bond donors (Lipinski definition) is 0. The molecule has 0 fully saturated rings. The Morgan fingerprint density at radius 3 is 2.94 bits per heavy atom. The SMILES string of the molecule is CCCc1cc(=O)oc2cc3c(cc12)CC(C)O3. The Bertz CT molecular complexity index is 655. The van der Waals surface area contributed by atoms with Crippen LogP contribution in [0.5, 0.6) is 5.75 Å². The Labute approximate surface area is 105 Å². The highest BCUT2D eigenvalue weighted by atomic mass is 16.5. The van der Waals surface area contributed by atoms with Gasteiger partial charge in [-0.3, -0.25) is 0 Å². The van der Waals surface area contributed by atoms with Crippen molar-refractivity contribution in [2.24, 2.45) is 0 Å². The highest BCUT2D eigenvalue weighted by molar-refractivity contribution is 5.83. The van der Waals surface area contributed by atoms with Gasteiger partial charge in [0.25, 0.3) is 0 Å². The first-order valence-electron chi connectivity index (χ1n) is 6.43. The van der Waals surface area contributed by atoms with Crippen LogP contribution in [0.15, 0.2) is 27.4 Å². The van der Waals surface area contributed by atoms with Gasteiger partial charge < -0.3 is 9.15 Å². The third kappa shape index (κ3) is 1.80. The second-order valence-electron chi connectivity index (χ2n) is 4.93. The van der Waals surface area contributed by atoms with Crippen LogP contribution in [0.3, 0.4) is 0 Å². The standard InChI is InChI=1S/C15H16O3/c1-3-4-10-7-15(16)18-14-8-13-11(6-12(10)14)5-9(2)17-13/h6-9H,3-5H2,1-2H3. The maximum absolute atomic E-state index is 11.5. The minimum atomic E-state index is -0.281. The molecule has 18 heavy (non-hydrogen) atoms. The lowest BCUT2D eigenvalue weighted by Crippen LogP contribution is -2.05. The van der Waals surface area contributed by atoms with Crippen LogP contribution >= 0.6 is 0 Å². The van der Waals surface area contributed by atoms with Gasteiger partial charge in [0.1, 0.15) is 17.4 Å². The van der Waals surface area contributed by atoms with E-state index in [9.17, 15) is 4.79 Å². The number of fused-ring (bicyclic) bond motifs is 2. The number of aryl methyl sites for hydroxylation is 1. The van der Waals surface area contributed by atoms with E-state index in [4.69, 9.17) is 9.15 Å². The zero-order chi connectivity index (χ0) is 12.7. The molecule has 1 aliphatic heterocycles. The van der Waals surface area contributed by atoms with Crippen molar-refractivity contribution in [2.75, 3.05) is 0 Å². The number of benzene rings is 1. The monoisotopic (exact) mass is 244 g/mol. The molecule has 2 aromatic rings. The molecule has 0 aliphatic carbocycles. The molecule has 1 aliphatic rings. The second kappa shape index (κ2) is 4.16. The molecule has 3 heteroatoms. The summed E-state index contributed by atoms with van der Waals surface area (Å²) in [6, 6.07) is 5.58. The van der Waals surface area contributed by atoms with Crippen molar-refractivity contribution in [1.82, 2.24) is 0 Å². The van der Waals surface area contributed by atoms with Gasteiger partial charge in [0.15, 0.2) is 0 Å². The van der Waals surface area contributed by atoms with Crippen LogP contribution in [-0.2, 0) is 12.8 Å². The summed E-state index contributed by atoms with van der Waals surface area (Å²) < 4.78 is 11.0. The highest BCUT2D eigenvalue weighted by Gasteiger charge is 2.21. The molecule has 1 aromatic carbocycles. The van der Waals surface area contributed by atoms with Gasteiger partial charge in [0.2, 0.25) is 0 Å². The van der Waals surface area contributed by atoms with Crippen molar-refractivity contribution in [1.29, 1.82) is 0 Å². The fourth-order valence-electron chi connectivity index (χ4n) is 2.61. The Hall–Kier alpha value is -1.77. The number of rotatable bonds is 2. The van der Waals surface area contributed by atoms with Crippen molar-refractivity contribution >= 4 is 11.0 Å². The van der Waals surface area contributed by atoms with E-state index in [1.165, 1.54) is 5.56 Å². The Morgan fingerprint density at radius 2 is 2.17 bits per heavy atom. The molecule has 1 atom stereocenters. The van der Waals surface area contributed by atoms with E-state index in [1.54, 1.807) is 6.07 Å². The predicted octanol–water partition coefficient (Wildman–Crippen LogP) is 3.07. The molecule has 0 N–H and O–H groups in total. The third-order valence-corrected chi connectivity index (χ3v) is 3.37. The Morgan fingerprint density at radius 1 is 1.33 bits per heavy atom. The van der Waals surface area contributed by atoms with Crippen molar-refractivity contribution in [3.63, 3.8) is 0 Å². The summed E-state index contributed by atoms with van der Waals surface area (Å²) >= 11 is 0. The number of ether oxygens (including phenoxy) is 1. The molecule has 0 saturated heterocycles. The van der Waals surface area contributed by atoms with E-state index < -0.39 is 0 Å². The minimum Gasteiger partial charge on any atom is -0.490 e. The van der Waals surface area contributed by atoms with E-state index in [0.29, 0.717) is 5.58 Å². The molecule has 1 unspecified atom stereocenters. The summed E-state index contributed by atoms with van der Waals surface area (Å²) in [7, 11) is 0. The molecular formula is C15H16O3. The molecule has 94 valence electrons. The first-order chi connectivity index (χ1) is 8.67. The van der Waals surface area contributed by atoms with E-state index in [-0.39, 0.29) is 11.7 Å². The molecule has 3 nitrogen and oxygen atoms in total. The zero-order valence-corrected chi connectivity index (χ0v) is 10.7. The Balaban J connectivity index is 2.25. The average molecular weight is 244 g/mol. The zero-order valence-electron chi connectivity index (χ0n) is 10.7. The van der Waals surface area contributed by atoms with Crippen molar-refractivity contribution < 1.29 is 9.15 Å². The van der Waals surface area contributed by atoms with Crippen molar-refractivity contribution in [2.45, 2.75) is 39.2 Å². The van der Waals surface area contributed by atoms with E-state index in [1.807, 2.05) is 13.0 Å². The van der Waals surface area contributed by atoms with Gasteiger partial charge in [-0.25, -0.2) is 4.79 Å². The molecule has 1 aromatic heterocycles. The molecule has 0 amide bonds. The normalized spacial score (nSPS) is 17.8. The summed E-state index contributed by atoms with van der Waals surface area (Å²) in [6.07, 6.45) is 3.05. The topological polar surface area (TPSA) is 39.4 Å². The van der Waals surface area contributed by atoms with Crippen LogP contribution in [0.25, 0.3) is 11.0 Å². The van der Waals surface area contributed by atoms with Gasteiger partial charge in [0, 0.05) is 23.9 Å². The van der Waals surface area contributed by atoms with Crippen LogP contribution in [0.2, 0.25) is 0 Å². The van der Waals surface area contributed by atoms with Crippen molar-refractivity contribution in [3.8, 4) is 5.75 Å². The smallest absolute Gasteiger partial charge is 0.336 e. The van der Waals surface area contributed by atoms with Crippen LogP contribution in [0.4, 0.5) is 0 Å². The maximum atomic E-state index is 11.5. The first kappa shape index (κ1) is 11.3. The van der Waals surface area contributed by atoms with Gasteiger partial charge in [-0.2, -0.15) is 0 Å². The van der Waals surface area contributed by atoms with Crippen LogP contribution < -0.4 is 10.4 Å². The third-order valence-electron chi connectivity index (χ3n) is 3.37. The fraction of sp³-hybridized carbons (Fsp3) is 0.400. The number of hydrogen-bond acceptors (Lipinski definition) is 3. The van der Waals surface area contributed by atoms with E-state index >= 15 is 0 Å². The lowest BCUT2D eigenvalue weighted by atomic mass is 10.0. The van der Waals surface area contributed by atoms with Gasteiger partial charge in [-0.1, -0.05) is 13.3 Å². The van der Waals surface area contributed by atoms with Gasteiger partial charge in [0.05, 0.1) is 0 Å². The fourth-order valence-corrected chi connectivity index (χ4v) is 2.61. The average Bonchev–Trinajstić information content (AvgIpc) is 2.66. The van der Waals surface area contributed by atoms with Gasteiger partial charge >= 0.3 is 5.63 Å². The van der Waals surface area contributed by atoms with Gasteiger partial charge in [-0.15, -0.1) is 0 Å². The maximum Gasteiger partial charge on any atom is 0.336 e. The molecule has 2 heterocycles. The van der Waals surface area contributed by atoms with Crippen LogP contribution in [0, 0.1) is 0 Å². The summed E-state index contributed by atoms with van der Waals surface area (Å²) in [5.74, 6) is 0.854. The molecule has 0 spiro atoms. The lowest BCUT2D eigenvalue weighted by Gasteiger charge is -2.06. The molecule has 0 saturated carbocycles.